The average Bonchev–Trinajstić information content (AvgIpc) is 2.47. The fourth-order valence-corrected chi connectivity index (χ4v) is 2.13. The minimum absolute atomic E-state index is 0.0974. The summed E-state index contributed by atoms with van der Waals surface area (Å²) < 4.78 is 0. The first-order valence-electron chi connectivity index (χ1n) is 6.18. The standard InChI is InChI=1S/C15H12ClN3O2/c1-10-2-3-12(7-15(10)19(20)21)9-18-14-5-4-11(8-17)6-13(14)16/h2-7,18H,9H2,1H3. The average molecular weight is 302 g/mol. The van der Waals surface area contributed by atoms with E-state index in [1.165, 1.54) is 0 Å². The van der Waals surface area contributed by atoms with Crippen molar-refractivity contribution in [3.8, 4) is 6.07 Å². The van der Waals surface area contributed by atoms with Gasteiger partial charge in [0.2, 0.25) is 0 Å². The molecule has 0 spiro atoms. The lowest BCUT2D eigenvalue weighted by atomic mass is 10.1. The second-order valence-electron chi connectivity index (χ2n) is 4.54. The number of nitro groups is 1. The van der Waals surface area contributed by atoms with Gasteiger partial charge in [-0.15, -0.1) is 0 Å². The van der Waals surface area contributed by atoms with Crippen LogP contribution in [0.3, 0.4) is 0 Å². The zero-order valence-electron chi connectivity index (χ0n) is 11.3. The summed E-state index contributed by atoms with van der Waals surface area (Å²) in [5, 5.41) is 23.2. The van der Waals surface area contributed by atoms with Crippen LogP contribution in [-0.2, 0) is 6.54 Å². The molecule has 0 radical (unpaired) electrons. The first-order chi connectivity index (χ1) is 10.0. The molecule has 0 aliphatic carbocycles. The van der Waals surface area contributed by atoms with E-state index in [9.17, 15) is 10.1 Å². The summed E-state index contributed by atoms with van der Waals surface area (Å²) in [6, 6.07) is 12.0. The minimum atomic E-state index is -0.395. The van der Waals surface area contributed by atoms with Crippen LogP contribution in [0.1, 0.15) is 16.7 Å². The molecule has 2 aromatic rings. The van der Waals surface area contributed by atoms with Gasteiger partial charge >= 0.3 is 0 Å². The summed E-state index contributed by atoms with van der Waals surface area (Å²) in [5.41, 5.74) is 2.67. The van der Waals surface area contributed by atoms with E-state index in [0.29, 0.717) is 28.4 Å². The third-order valence-electron chi connectivity index (χ3n) is 3.05. The van der Waals surface area contributed by atoms with E-state index in [4.69, 9.17) is 16.9 Å². The predicted octanol–water partition coefficient (Wildman–Crippen LogP) is 4.04. The lowest BCUT2D eigenvalue weighted by molar-refractivity contribution is -0.385. The fraction of sp³-hybridized carbons (Fsp3) is 0.133. The molecule has 0 atom stereocenters. The Morgan fingerprint density at radius 3 is 2.71 bits per heavy atom. The topological polar surface area (TPSA) is 79.0 Å². The van der Waals surface area contributed by atoms with Crippen LogP contribution in [0, 0.1) is 28.4 Å². The highest BCUT2D eigenvalue weighted by Crippen LogP contribution is 2.24. The maximum atomic E-state index is 10.9. The van der Waals surface area contributed by atoms with Gasteiger partial charge in [0.25, 0.3) is 5.69 Å². The van der Waals surface area contributed by atoms with Gasteiger partial charge in [0.05, 0.1) is 27.3 Å². The number of nitrogens with one attached hydrogen (secondary N) is 1. The summed E-state index contributed by atoms with van der Waals surface area (Å²) in [7, 11) is 0. The Morgan fingerprint density at radius 1 is 1.33 bits per heavy atom. The Bertz CT molecular complexity index is 738. The van der Waals surface area contributed by atoms with Crippen LogP contribution >= 0.6 is 11.6 Å². The molecule has 106 valence electrons. The molecule has 2 aromatic carbocycles. The van der Waals surface area contributed by atoms with Gasteiger partial charge in [-0.25, -0.2) is 0 Å². The number of nitrogens with zero attached hydrogens (tertiary/aromatic N) is 2. The summed E-state index contributed by atoms with van der Waals surface area (Å²) in [5.74, 6) is 0. The van der Waals surface area contributed by atoms with Crippen LogP contribution in [-0.4, -0.2) is 4.92 Å². The molecule has 0 bridgehead atoms. The molecule has 0 saturated carbocycles. The molecule has 0 aliphatic rings. The molecule has 1 N–H and O–H groups in total. The van der Waals surface area contributed by atoms with Crippen molar-refractivity contribution in [3.63, 3.8) is 0 Å². The van der Waals surface area contributed by atoms with Crippen LogP contribution in [0.5, 0.6) is 0 Å². The number of nitro benzene ring substituents is 1. The molecule has 2 rings (SSSR count). The van der Waals surface area contributed by atoms with Gasteiger partial charge in [0.1, 0.15) is 0 Å². The molecule has 0 amide bonds. The molecule has 0 saturated heterocycles. The molecule has 0 aliphatic heterocycles. The Morgan fingerprint density at radius 2 is 2.10 bits per heavy atom. The van der Waals surface area contributed by atoms with Crippen molar-refractivity contribution in [2.45, 2.75) is 13.5 Å². The quantitative estimate of drug-likeness (QED) is 0.682. The highest BCUT2D eigenvalue weighted by atomic mass is 35.5. The van der Waals surface area contributed by atoms with Crippen molar-refractivity contribution in [2.24, 2.45) is 0 Å². The molecular formula is C15H12ClN3O2. The predicted molar refractivity (Wildman–Crippen MR) is 81.3 cm³/mol. The van der Waals surface area contributed by atoms with Gasteiger partial charge in [0.15, 0.2) is 0 Å². The monoisotopic (exact) mass is 301 g/mol. The third-order valence-corrected chi connectivity index (χ3v) is 3.36. The Kier molecular flexibility index (Phi) is 4.41. The van der Waals surface area contributed by atoms with Gasteiger partial charge in [-0.05, 0) is 30.7 Å². The largest absolute Gasteiger partial charge is 0.380 e. The van der Waals surface area contributed by atoms with Crippen LogP contribution < -0.4 is 5.32 Å². The van der Waals surface area contributed by atoms with Gasteiger partial charge in [-0.3, -0.25) is 10.1 Å². The number of anilines is 1. The van der Waals surface area contributed by atoms with E-state index in [0.717, 1.165) is 5.56 Å². The van der Waals surface area contributed by atoms with E-state index >= 15 is 0 Å². The third kappa shape index (κ3) is 3.50. The summed E-state index contributed by atoms with van der Waals surface area (Å²) in [6.07, 6.45) is 0. The molecule has 0 unspecified atom stereocenters. The van der Waals surface area contributed by atoms with Crippen molar-refractivity contribution in [3.05, 3.63) is 68.2 Å². The number of rotatable bonds is 4. The molecule has 6 heteroatoms. The van der Waals surface area contributed by atoms with Crippen molar-refractivity contribution in [1.82, 2.24) is 0 Å². The first kappa shape index (κ1) is 14.8. The molecule has 0 aromatic heterocycles. The second kappa shape index (κ2) is 6.25. The van der Waals surface area contributed by atoms with Crippen molar-refractivity contribution in [1.29, 1.82) is 5.26 Å². The van der Waals surface area contributed by atoms with Crippen molar-refractivity contribution >= 4 is 23.0 Å². The van der Waals surface area contributed by atoms with Gasteiger partial charge in [0, 0.05) is 18.2 Å². The zero-order chi connectivity index (χ0) is 15.4. The number of aryl methyl sites for hydroxylation is 1. The van der Waals surface area contributed by atoms with E-state index in [-0.39, 0.29) is 5.69 Å². The Labute approximate surface area is 126 Å². The Hall–Kier alpha value is -2.58. The fourth-order valence-electron chi connectivity index (χ4n) is 1.89. The van der Waals surface area contributed by atoms with E-state index < -0.39 is 4.92 Å². The van der Waals surface area contributed by atoms with Crippen LogP contribution in [0.2, 0.25) is 5.02 Å². The summed E-state index contributed by atoms with van der Waals surface area (Å²) in [4.78, 5) is 10.5. The molecule has 21 heavy (non-hydrogen) atoms. The van der Waals surface area contributed by atoms with Gasteiger partial charge in [-0.2, -0.15) is 5.26 Å². The highest BCUT2D eigenvalue weighted by molar-refractivity contribution is 6.33. The number of halogens is 1. The smallest absolute Gasteiger partial charge is 0.272 e. The number of hydrogen-bond acceptors (Lipinski definition) is 4. The van der Waals surface area contributed by atoms with Crippen molar-refractivity contribution < 1.29 is 4.92 Å². The Balaban J connectivity index is 2.15. The SMILES string of the molecule is Cc1ccc(CNc2ccc(C#N)cc2Cl)cc1[N+](=O)[O-]. The lowest BCUT2D eigenvalue weighted by Gasteiger charge is -2.09. The number of hydrogen-bond donors (Lipinski definition) is 1. The summed E-state index contributed by atoms with van der Waals surface area (Å²) in [6.45, 7) is 2.11. The van der Waals surface area contributed by atoms with E-state index in [1.54, 1.807) is 37.3 Å². The van der Waals surface area contributed by atoms with Gasteiger partial charge < -0.3 is 5.32 Å². The van der Waals surface area contributed by atoms with Crippen molar-refractivity contribution in [2.75, 3.05) is 5.32 Å². The second-order valence-corrected chi connectivity index (χ2v) is 4.95. The van der Waals surface area contributed by atoms with Crippen LogP contribution in [0.15, 0.2) is 36.4 Å². The van der Waals surface area contributed by atoms with Crippen LogP contribution in [0.4, 0.5) is 11.4 Å². The lowest BCUT2D eigenvalue weighted by Crippen LogP contribution is -2.01. The maximum absolute atomic E-state index is 10.9. The number of benzene rings is 2. The summed E-state index contributed by atoms with van der Waals surface area (Å²) >= 11 is 6.06. The molecule has 5 nitrogen and oxygen atoms in total. The molecule has 0 heterocycles. The zero-order valence-corrected chi connectivity index (χ0v) is 12.0. The maximum Gasteiger partial charge on any atom is 0.272 e. The number of nitriles is 1. The molecular weight excluding hydrogens is 290 g/mol. The van der Waals surface area contributed by atoms with E-state index in [2.05, 4.69) is 5.32 Å². The van der Waals surface area contributed by atoms with Crippen LogP contribution in [0.25, 0.3) is 0 Å². The minimum Gasteiger partial charge on any atom is -0.380 e. The normalized spacial score (nSPS) is 9.95. The van der Waals surface area contributed by atoms with Gasteiger partial charge in [-0.1, -0.05) is 23.7 Å². The van der Waals surface area contributed by atoms with E-state index in [1.807, 2.05) is 12.1 Å². The highest BCUT2D eigenvalue weighted by Gasteiger charge is 2.11. The molecule has 0 fully saturated rings. The first-order valence-corrected chi connectivity index (χ1v) is 6.56.